The van der Waals surface area contributed by atoms with Gasteiger partial charge in [0.1, 0.15) is 0 Å². The molecule has 0 radical (unpaired) electrons. The van der Waals surface area contributed by atoms with Crippen molar-refractivity contribution in [1.82, 2.24) is 0 Å². The molecule has 0 N–H and O–H groups in total. The fourth-order valence-corrected chi connectivity index (χ4v) is 1.85. The van der Waals surface area contributed by atoms with Gasteiger partial charge in [-0.05, 0) is 30.5 Å². The lowest BCUT2D eigenvalue weighted by Gasteiger charge is -2.01. The molecule has 1 heteroatoms. The van der Waals surface area contributed by atoms with Crippen LogP contribution >= 0.6 is 15.9 Å². The van der Waals surface area contributed by atoms with Gasteiger partial charge in [0.25, 0.3) is 0 Å². The van der Waals surface area contributed by atoms with E-state index in [1.54, 1.807) is 0 Å². The summed E-state index contributed by atoms with van der Waals surface area (Å²) >= 11 is 3.45. The van der Waals surface area contributed by atoms with Gasteiger partial charge < -0.3 is 0 Å². The van der Waals surface area contributed by atoms with Crippen molar-refractivity contribution in [3.63, 3.8) is 0 Å². The molecule has 1 aromatic rings. The largest absolute Gasteiger partial charge is 0.0654 e. The molecule has 0 saturated heterocycles. The van der Waals surface area contributed by atoms with E-state index >= 15 is 0 Å². The highest BCUT2D eigenvalue weighted by Crippen LogP contribution is 2.13. The number of hydrogen-bond acceptors (Lipinski definition) is 0. The molecule has 78 valence electrons. The van der Waals surface area contributed by atoms with Crippen molar-refractivity contribution in [3.05, 3.63) is 34.3 Å². The molecule has 0 nitrogen and oxygen atoms in total. The minimum Gasteiger partial charge on any atom is -0.0654 e. The van der Waals surface area contributed by atoms with E-state index < -0.39 is 0 Å². The van der Waals surface area contributed by atoms with E-state index in [4.69, 9.17) is 0 Å². The first-order valence-electron chi connectivity index (χ1n) is 5.57. The maximum absolute atomic E-state index is 3.45. The van der Waals surface area contributed by atoms with Crippen LogP contribution in [0.3, 0.4) is 0 Å². The van der Waals surface area contributed by atoms with Gasteiger partial charge in [-0.1, -0.05) is 60.7 Å². The number of halogens is 1. The van der Waals surface area contributed by atoms with Gasteiger partial charge in [0.15, 0.2) is 0 Å². The zero-order chi connectivity index (χ0) is 10.2. The maximum Gasteiger partial charge on any atom is 0.0175 e. The van der Waals surface area contributed by atoms with Gasteiger partial charge in [-0.25, -0.2) is 0 Å². The number of aryl methyl sites for hydroxylation is 1. The van der Waals surface area contributed by atoms with E-state index in [0.29, 0.717) is 0 Å². The quantitative estimate of drug-likeness (QED) is 0.630. The monoisotopic (exact) mass is 254 g/mol. The molecule has 0 unspecified atom stereocenters. The number of benzene rings is 1. The van der Waals surface area contributed by atoms with Crippen molar-refractivity contribution in [2.45, 2.75) is 45.4 Å². The van der Waals surface area contributed by atoms with Crippen molar-refractivity contribution >= 4 is 15.9 Å². The number of unbranched alkanes of at least 4 members (excludes halogenated alkanes) is 4. The Morgan fingerprint density at radius 1 is 0.929 bits per heavy atom. The summed E-state index contributed by atoms with van der Waals surface area (Å²) in [6.07, 6.45) is 8.06. The molecule has 1 rings (SSSR count). The minimum atomic E-state index is 1.17. The number of rotatable bonds is 6. The first-order chi connectivity index (χ1) is 6.83. The van der Waals surface area contributed by atoms with Gasteiger partial charge in [0, 0.05) is 4.47 Å². The summed E-state index contributed by atoms with van der Waals surface area (Å²) < 4.78 is 1.17. The molecule has 0 aliphatic heterocycles. The van der Waals surface area contributed by atoms with Gasteiger partial charge in [-0.15, -0.1) is 0 Å². The fraction of sp³-hybridized carbons (Fsp3) is 0.538. The lowest BCUT2D eigenvalue weighted by molar-refractivity contribution is 0.632. The normalized spacial score (nSPS) is 10.4. The van der Waals surface area contributed by atoms with E-state index in [0.717, 1.165) is 0 Å². The maximum atomic E-state index is 3.45. The zero-order valence-corrected chi connectivity index (χ0v) is 10.5. The smallest absolute Gasteiger partial charge is 0.0175 e. The average molecular weight is 255 g/mol. The van der Waals surface area contributed by atoms with Crippen molar-refractivity contribution in [3.8, 4) is 0 Å². The standard InChI is InChI=1S/C13H19Br/c1-2-3-4-5-6-7-12-8-10-13(14)11-9-12/h8-11H,2-7H2,1H3. The molecule has 0 bridgehead atoms. The van der Waals surface area contributed by atoms with Gasteiger partial charge in [-0.3, -0.25) is 0 Å². The second kappa shape index (κ2) is 7.05. The number of hydrogen-bond donors (Lipinski definition) is 0. The zero-order valence-electron chi connectivity index (χ0n) is 8.93. The van der Waals surface area contributed by atoms with Crippen LogP contribution in [0, 0.1) is 0 Å². The summed E-state index contributed by atoms with van der Waals surface area (Å²) in [6.45, 7) is 2.26. The molecule has 0 saturated carbocycles. The second-order valence-electron chi connectivity index (χ2n) is 3.79. The topological polar surface area (TPSA) is 0 Å². The van der Waals surface area contributed by atoms with Crippen LogP contribution in [0.1, 0.15) is 44.6 Å². The fourth-order valence-electron chi connectivity index (χ4n) is 1.58. The predicted octanol–water partition coefficient (Wildman–Crippen LogP) is 4.96. The molecule has 0 fully saturated rings. The Hall–Kier alpha value is -0.300. The van der Waals surface area contributed by atoms with Gasteiger partial charge >= 0.3 is 0 Å². The Balaban J connectivity index is 2.15. The molecule has 0 spiro atoms. The summed E-state index contributed by atoms with van der Waals surface area (Å²) in [7, 11) is 0. The van der Waals surface area contributed by atoms with E-state index in [2.05, 4.69) is 47.1 Å². The molecular weight excluding hydrogens is 236 g/mol. The van der Waals surface area contributed by atoms with Crippen LogP contribution in [-0.4, -0.2) is 0 Å². The Kier molecular flexibility index (Phi) is 5.93. The van der Waals surface area contributed by atoms with Crippen molar-refractivity contribution in [2.75, 3.05) is 0 Å². The highest BCUT2D eigenvalue weighted by Gasteiger charge is 1.93. The van der Waals surface area contributed by atoms with Gasteiger partial charge in [0.05, 0.1) is 0 Å². The summed E-state index contributed by atoms with van der Waals surface area (Å²) in [5.41, 5.74) is 1.46. The molecule has 0 atom stereocenters. The third-order valence-corrected chi connectivity index (χ3v) is 3.01. The van der Waals surface area contributed by atoms with Crippen LogP contribution in [0.4, 0.5) is 0 Å². The second-order valence-corrected chi connectivity index (χ2v) is 4.71. The van der Waals surface area contributed by atoms with Crippen LogP contribution < -0.4 is 0 Å². The van der Waals surface area contributed by atoms with Crippen molar-refractivity contribution in [2.24, 2.45) is 0 Å². The highest BCUT2D eigenvalue weighted by molar-refractivity contribution is 9.10. The predicted molar refractivity (Wildman–Crippen MR) is 66.6 cm³/mol. The minimum absolute atomic E-state index is 1.17. The van der Waals surface area contributed by atoms with E-state index in [1.807, 2.05) is 0 Å². The molecular formula is C13H19Br. The Morgan fingerprint density at radius 2 is 1.57 bits per heavy atom. The summed E-state index contributed by atoms with van der Waals surface area (Å²) in [4.78, 5) is 0. The van der Waals surface area contributed by atoms with Crippen LogP contribution in [-0.2, 0) is 6.42 Å². The molecule has 0 amide bonds. The molecule has 0 heterocycles. The Morgan fingerprint density at radius 3 is 2.21 bits per heavy atom. The molecule has 0 aliphatic carbocycles. The van der Waals surface area contributed by atoms with Crippen LogP contribution in [0.25, 0.3) is 0 Å². The van der Waals surface area contributed by atoms with Crippen LogP contribution in [0.15, 0.2) is 28.7 Å². The molecule has 0 aromatic heterocycles. The van der Waals surface area contributed by atoms with E-state index in [9.17, 15) is 0 Å². The highest BCUT2D eigenvalue weighted by atomic mass is 79.9. The summed E-state index contributed by atoms with van der Waals surface area (Å²) in [5, 5.41) is 0. The lowest BCUT2D eigenvalue weighted by Crippen LogP contribution is -1.85. The third-order valence-electron chi connectivity index (χ3n) is 2.48. The van der Waals surface area contributed by atoms with Gasteiger partial charge in [-0.2, -0.15) is 0 Å². The molecule has 0 aliphatic rings. The SMILES string of the molecule is CCCCCCCc1ccc(Br)cc1. The van der Waals surface area contributed by atoms with Gasteiger partial charge in [0.2, 0.25) is 0 Å². The van der Waals surface area contributed by atoms with E-state index in [-0.39, 0.29) is 0 Å². The Bertz CT molecular complexity index is 238. The van der Waals surface area contributed by atoms with Crippen molar-refractivity contribution < 1.29 is 0 Å². The first kappa shape index (κ1) is 11.8. The first-order valence-corrected chi connectivity index (χ1v) is 6.36. The molecule has 1 aromatic carbocycles. The summed E-state index contributed by atoms with van der Waals surface area (Å²) in [6, 6.07) is 8.68. The summed E-state index contributed by atoms with van der Waals surface area (Å²) in [5.74, 6) is 0. The lowest BCUT2D eigenvalue weighted by atomic mass is 10.1. The molecule has 14 heavy (non-hydrogen) atoms. The van der Waals surface area contributed by atoms with Crippen LogP contribution in [0.5, 0.6) is 0 Å². The third kappa shape index (κ3) is 4.80. The van der Waals surface area contributed by atoms with E-state index in [1.165, 1.54) is 48.6 Å². The van der Waals surface area contributed by atoms with Crippen molar-refractivity contribution in [1.29, 1.82) is 0 Å². The average Bonchev–Trinajstić information content (AvgIpc) is 2.21. The van der Waals surface area contributed by atoms with Crippen LogP contribution in [0.2, 0.25) is 0 Å². The Labute approximate surface area is 95.9 Å².